The van der Waals surface area contributed by atoms with Gasteiger partial charge in [0.1, 0.15) is 5.82 Å². The van der Waals surface area contributed by atoms with Crippen molar-refractivity contribution in [1.82, 2.24) is 14.1 Å². The highest BCUT2D eigenvalue weighted by Gasteiger charge is 2.32. The highest BCUT2D eigenvalue weighted by atomic mass is 32.2. The number of hydrogen-bond donors (Lipinski definition) is 1. The zero-order chi connectivity index (χ0) is 21.9. The van der Waals surface area contributed by atoms with Crippen LogP contribution in [0.5, 0.6) is 0 Å². The highest BCUT2D eigenvalue weighted by molar-refractivity contribution is 7.89. The summed E-state index contributed by atoms with van der Waals surface area (Å²) in [5, 5.41) is 16.0. The van der Waals surface area contributed by atoms with Crippen molar-refractivity contribution < 1.29 is 13.2 Å². The summed E-state index contributed by atoms with van der Waals surface area (Å²) in [6, 6.07) is 9.01. The predicted octanol–water partition coefficient (Wildman–Crippen LogP) is 2.76. The van der Waals surface area contributed by atoms with E-state index >= 15 is 0 Å². The third-order valence-electron chi connectivity index (χ3n) is 5.53. The summed E-state index contributed by atoms with van der Waals surface area (Å²) in [6.07, 6.45) is 1.22. The molecule has 1 aliphatic heterocycles. The number of carbonyl (C=O) groups is 1. The molecule has 30 heavy (non-hydrogen) atoms. The zero-order valence-corrected chi connectivity index (χ0v) is 18.4. The van der Waals surface area contributed by atoms with Crippen LogP contribution in [0.1, 0.15) is 36.1 Å². The van der Waals surface area contributed by atoms with Gasteiger partial charge in [-0.15, -0.1) is 0 Å². The van der Waals surface area contributed by atoms with Gasteiger partial charge in [0.05, 0.1) is 29.6 Å². The van der Waals surface area contributed by atoms with Gasteiger partial charge in [-0.25, -0.2) is 13.1 Å². The molecule has 1 saturated heterocycles. The molecule has 0 spiro atoms. The molecule has 8 nitrogen and oxygen atoms in total. The molecule has 2 heterocycles. The number of anilines is 1. The van der Waals surface area contributed by atoms with Crippen molar-refractivity contribution in [1.29, 1.82) is 5.26 Å². The quantitative estimate of drug-likeness (QED) is 0.760. The van der Waals surface area contributed by atoms with Gasteiger partial charge in [-0.05, 0) is 56.9 Å². The minimum absolute atomic E-state index is 0.142. The summed E-state index contributed by atoms with van der Waals surface area (Å²) in [6.45, 7) is 6.69. The molecule has 1 aromatic heterocycles. The van der Waals surface area contributed by atoms with Gasteiger partial charge in [0.25, 0.3) is 0 Å². The molecule has 0 bridgehead atoms. The van der Waals surface area contributed by atoms with E-state index in [0.29, 0.717) is 49.6 Å². The second-order valence-electron chi connectivity index (χ2n) is 7.72. The molecule has 3 rings (SSSR count). The Hall–Kier alpha value is -2.70. The number of amides is 1. The SMILES string of the molecule is Cc1cc(NC(=O)C2CCN(S(=O)(=O)c3ccc(C)c(C)c3)CC2)n(CCC#N)n1. The highest BCUT2D eigenvalue weighted by Crippen LogP contribution is 2.26. The fraction of sp³-hybridized carbons (Fsp3) is 0.476. The Labute approximate surface area is 177 Å². The Kier molecular flexibility index (Phi) is 6.58. The van der Waals surface area contributed by atoms with Crippen molar-refractivity contribution in [3.63, 3.8) is 0 Å². The fourth-order valence-corrected chi connectivity index (χ4v) is 5.14. The first kappa shape index (κ1) is 22.0. The Morgan fingerprint density at radius 1 is 1.20 bits per heavy atom. The lowest BCUT2D eigenvalue weighted by Crippen LogP contribution is -2.41. The van der Waals surface area contributed by atoms with Crippen LogP contribution in [0.25, 0.3) is 0 Å². The molecule has 1 amide bonds. The first-order valence-electron chi connectivity index (χ1n) is 10.0. The minimum atomic E-state index is -3.57. The van der Waals surface area contributed by atoms with Crippen molar-refractivity contribution >= 4 is 21.7 Å². The maximum Gasteiger partial charge on any atom is 0.243 e. The number of nitrogens with one attached hydrogen (secondary N) is 1. The summed E-state index contributed by atoms with van der Waals surface area (Å²) in [5.74, 6) is 0.157. The van der Waals surface area contributed by atoms with E-state index in [2.05, 4.69) is 16.5 Å². The average molecular weight is 430 g/mol. The van der Waals surface area contributed by atoms with Crippen molar-refractivity contribution in [2.24, 2.45) is 5.92 Å². The molecule has 9 heteroatoms. The number of hydrogen-bond acceptors (Lipinski definition) is 5. The number of nitriles is 1. The van der Waals surface area contributed by atoms with Gasteiger partial charge in [0.2, 0.25) is 15.9 Å². The largest absolute Gasteiger partial charge is 0.311 e. The smallest absolute Gasteiger partial charge is 0.243 e. The van der Waals surface area contributed by atoms with Crippen molar-refractivity contribution in [2.45, 2.75) is 51.5 Å². The van der Waals surface area contributed by atoms with Gasteiger partial charge >= 0.3 is 0 Å². The maximum absolute atomic E-state index is 13.0. The predicted molar refractivity (Wildman–Crippen MR) is 113 cm³/mol. The summed E-state index contributed by atoms with van der Waals surface area (Å²) in [7, 11) is -3.57. The molecule has 0 aliphatic carbocycles. The van der Waals surface area contributed by atoms with Crippen LogP contribution in [0.4, 0.5) is 5.82 Å². The second kappa shape index (κ2) is 8.98. The maximum atomic E-state index is 13.0. The van der Waals surface area contributed by atoms with E-state index in [4.69, 9.17) is 5.26 Å². The van der Waals surface area contributed by atoms with Crippen LogP contribution in [0.3, 0.4) is 0 Å². The molecular weight excluding hydrogens is 402 g/mol. The first-order chi connectivity index (χ1) is 14.2. The molecule has 160 valence electrons. The summed E-state index contributed by atoms with van der Waals surface area (Å²) in [4.78, 5) is 13.0. The zero-order valence-electron chi connectivity index (χ0n) is 17.6. The Morgan fingerprint density at radius 3 is 2.53 bits per heavy atom. The normalized spacial score (nSPS) is 15.7. The molecule has 1 aromatic carbocycles. The molecule has 1 aliphatic rings. The molecule has 0 radical (unpaired) electrons. The second-order valence-corrected chi connectivity index (χ2v) is 9.65. The number of rotatable bonds is 6. The number of nitrogens with zero attached hydrogens (tertiary/aromatic N) is 4. The summed E-state index contributed by atoms with van der Waals surface area (Å²) >= 11 is 0. The van der Waals surface area contributed by atoms with Crippen molar-refractivity contribution in [3.8, 4) is 6.07 Å². The van der Waals surface area contributed by atoms with E-state index in [1.54, 1.807) is 22.9 Å². The Balaban J connectivity index is 1.63. The molecule has 1 N–H and O–H groups in total. The molecular formula is C21H27N5O3S. The number of benzene rings is 1. The monoisotopic (exact) mass is 429 g/mol. The fourth-order valence-electron chi connectivity index (χ4n) is 3.58. The number of sulfonamides is 1. The number of aromatic nitrogens is 2. The van der Waals surface area contributed by atoms with Crippen molar-refractivity contribution in [3.05, 3.63) is 41.1 Å². The molecule has 0 unspecified atom stereocenters. The Bertz CT molecular complexity index is 1080. The van der Waals surface area contributed by atoms with Crippen LogP contribution in [0, 0.1) is 38.0 Å². The summed E-state index contributed by atoms with van der Waals surface area (Å²) in [5.41, 5.74) is 2.75. The molecule has 1 fully saturated rings. The van der Waals surface area contributed by atoms with Crippen LogP contribution in [-0.4, -0.2) is 41.5 Å². The number of aryl methyl sites for hydroxylation is 4. The lowest BCUT2D eigenvalue weighted by Gasteiger charge is -2.30. The minimum Gasteiger partial charge on any atom is -0.311 e. The van der Waals surface area contributed by atoms with E-state index in [9.17, 15) is 13.2 Å². The van der Waals surface area contributed by atoms with Gasteiger partial charge in [0, 0.05) is 25.1 Å². The average Bonchev–Trinajstić information content (AvgIpc) is 3.07. The van der Waals surface area contributed by atoms with Crippen LogP contribution in [-0.2, 0) is 21.4 Å². The topological polar surface area (TPSA) is 108 Å². The van der Waals surface area contributed by atoms with E-state index in [1.165, 1.54) is 4.31 Å². The van der Waals surface area contributed by atoms with E-state index < -0.39 is 10.0 Å². The Morgan fingerprint density at radius 2 is 1.90 bits per heavy atom. The lowest BCUT2D eigenvalue weighted by molar-refractivity contribution is -0.121. The lowest BCUT2D eigenvalue weighted by atomic mass is 9.97. The van der Waals surface area contributed by atoms with Crippen LogP contribution >= 0.6 is 0 Å². The molecule has 0 saturated carbocycles. The number of piperidine rings is 1. The van der Waals surface area contributed by atoms with Gasteiger partial charge in [0.15, 0.2) is 0 Å². The van der Waals surface area contributed by atoms with Gasteiger partial charge in [-0.2, -0.15) is 14.7 Å². The molecule has 2 aromatic rings. The van der Waals surface area contributed by atoms with Crippen molar-refractivity contribution in [2.75, 3.05) is 18.4 Å². The van der Waals surface area contributed by atoms with Crippen LogP contribution in [0.2, 0.25) is 0 Å². The first-order valence-corrected chi connectivity index (χ1v) is 11.5. The molecule has 0 atom stereocenters. The van der Waals surface area contributed by atoms with E-state index in [0.717, 1.165) is 16.8 Å². The van der Waals surface area contributed by atoms with E-state index in [1.807, 2.05) is 26.8 Å². The van der Waals surface area contributed by atoms with Gasteiger partial charge < -0.3 is 5.32 Å². The third kappa shape index (κ3) is 4.71. The van der Waals surface area contributed by atoms with Gasteiger partial charge in [-0.1, -0.05) is 6.07 Å². The van der Waals surface area contributed by atoms with Crippen LogP contribution < -0.4 is 5.32 Å². The summed E-state index contributed by atoms with van der Waals surface area (Å²) < 4.78 is 29.0. The van der Waals surface area contributed by atoms with Gasteiger partial charge in [-0.3, -0.25) is 4.79 Å². The number of carbonyl (C=O) groups excluding carboxylic acids is 1. The third-order valence-corrected chi connectivity index (χ3v) is 7.42. The van der Waals surface area contributed by atoms with Crippen LogP contribution in [0.15, 0.2) is 29.2 Å². The standard InChI is InChI=1S/C21H27N5O3S/c1-15-5-6-19(13-16(15)2)30(28,29)25-11-7-18(8-12-25)21(27)23-20-14-17(3)24-26(20)10-4-9-22/h5-6,13-14,18H,4,7-8,10-12H2,1-3H3,(H,23,27). The van der Waals surface area contributed by atoms with E-state index in [-0.39, 0.29) is 11.8 Å².